The van der Waals surface area contributed by atoms with Gasteiger partial charge in [0.15, 0.2) is 0 Å². The van der Waals surface area contributed by atoms with Crippen molar-refractivity contribution in [2.24, 2.45) is 0 Å². The standard InChI is InChI=1S/C39H66O4/c1-3-5-7-9-10-11-12-13-14-15-16-17-18-19-20-21-22-23-24-26-32-36-39(42)43-37(33-29-25-8-6-4-2)34-30-27-28-31-35-38(40)41/h5,7,10-11,13-14,16-17,19-20,37H,3-4,6,8-9,12,15,18,21-36H2,1-2H3,(H,40,41)/b7-5-,11-10-,14-13-,17-16-,20-19-. The van der Waals surface area contributed by atoms with Crippen LogP contribution in [0.4, 0.5) is 0 Å². The van der Waals surface area contributed by atoms with Gasteiger partial charge in [0, 0.05) is 12.8 Å². The molecule has 0 radical (unpaired) electrons. The number of ether oxygens (including phenoxy) is 1. The fourth-order valence-electron chi connectivity index (χ4n) is 4.91. The van der Waals surface area contributed by atoms with Crippen LogP contribution in [-0.4, -0.2) is 23.1 Å². The van der Waals surface area contributed by atoms with Gasteiger partial charge in [0.2, 0.25) is 0 Å². The maximum Gasteiger partial charge on any atom is 0.306 e. The van der Waals surface area contributed by atoms with Crippen molar-refractivity contribution < 1.29 is 19.4 Å². The highest BCUT2D eigenvalue weighted by molar-refractivity contribution is 5.69. The highest BCUT2D eigenvalue weighted by Gasteiger charge is 2.14. The Balaban J connectivity index is 3.87. The molecule has 4 heteroatoms. The highest BCUT2D eigenvalue weighted by atomic mass is 16.5. The number of carbonyl (C=O) groups excluding carboxylic acids is 1. The van der Waals surface area contributed by atoms with Crippen molar-refractivity contribution in [1.82, 2.24) is 0 Å². The second kappa shape index (κ2) is 34.1. The summed E-state index contributed by atoms with van der Waals surface area (Å²) in [7, 11) is 0. The predicted octanol–water partition coefficient (Wildman–Crippen LogP) is 12.2. The summed E-state index contributed by atoms with van der Waals surface area (Å²) < 4.78 is 5.89. The molecule has 43 heavy (non-hydrogen) atoms. The van der Waals surface area contributed by atoms with Crippen molar-refractivity contribution in [2.45, 2.75) is 174 Å². The molecule has 4 nitrogen and oxygen atoms in total. The molecule has 0 heterocycles. The summed E-state index contributed by atoms with van der Waals surface area (Å²) >= 11 is 0. The van der Waals surface area contributed by atoms with Crippen molar-refractivity contribution in [1.29, 1.82) is 0 Å². The molecule has 1 atom stereocenters. The van der Waals surface area contributed by atoms with Gasteiger partial charge in [-0.3, -0.25) is 9.59 Å². The number of carboxylic acid groups (broad SMARTS) is 1. The lowest BCUT2D eigenvalue weighted by Crippen LogP contribution is -2.18. The smallest absolute Gasteiger partial charge is 0.306 e. The Hall–Kier alpha value is -2.36. The second-order valence-corrected chi connectivity index (χ2v) is 11.7. The van der Waals surface area contributed by atoms with Crippen molar-refractivity contribution >= 4 is 11.9 Å². The summed E-state index contributed by atoms with van der Waals surface area (Å²) in [5.74, 6) is -0.757. The molecule has 0 saturated heterocycles. The van der Waals surface area contributed by atoms with E-state index in [4.69, 9.17) is 9.84 Å². The minimum Gasteiger partial charge on any atom is -0.481 e. The first-order valence-corrected chi connectivity index (χ1v) is 17.8. The van der Waals surface area contributed by atoms with E-state index in [0.717, 1.165) is 96.3 Å². The number of carboxylic acids is 1. The van der Waals surface area contributed by atoms with Gasteiger partial charge in [0.25, 0.3) is 0 Å². The first kappa shape index (κ1) is 40.6. The van der Waals surface area contributed by atoms with E-state index >= 15 is 0 Å². The SMILES string of the molecule is CC/C=C\C/C=C\C/C=C\C/C=C\C/C=C\CCCCCCCC(=O)OC(CCCCCCC)CCCCCCC(=O)O. The van der Waals surface area contributed by atoms with Crippen LogP contribution in [-0.2, 0) is 14.3 Å². The fraction of sp³-hybridized carbons (Fsp3) is 0.692. The normalized spacial score (nSPS) is 13.0. The van der Waals surface area contributed by atoms with E-state index < -0.39 is 5.97 Å². The fourth-order valence-corrected chi connectivity index (χ4v) is 4.91. The van der Waals surface area contributed by atoms with Crippen LogP contribution in [0.15, 0.2) is 60.8 Å². The maximum absolute atomic E-state index is 12.5. The minimum atomic E-state index is -0.718. The van der Waals surface area contributed by atoms with Crippen LogP contribution in [0, 0.1) is 0 Å². The number of hydrogen-bond donors (Lipinski definition) is 1. The predicted molar refractivity (Wildman–Crippen MR) is 185 cm³/mol. The van der Waals surface area contributed by atoms with E-state index in [2.05, 4.69) is 74.6 Å². The van der Waals surface area contributed by atoms with Gasteiger partial charge in [0.05, 0.1) is 0 Å². The van der Waals surface area contributed by atoms with Crippen LogP contribution in [0.5, 0.6) is 0 Å². The lowest BCUT2D eigenvalue weighted by Gasteiger charge is -2.18. The summed E-state index contributed by atoms with van der Waals surface area (Å²) in [6, 6.07) is 0. The molecule has 0 aromatic carbocycles. The van der Waals surface area contributed by atoms with Crippen molar-refractivity contribution in [3.05, 3.63) is 60.8 Å². The Labute approximate surface area is 265 Å². The molecule has 0 aromatic rings. The number of carbonyl (C=O) groups is 2. The zero-order valence-electron chi connectivity index (χ0n) is 28.0. The van der Waals surface area contributed by atoms with E-state index in [-0.39, 0.29) is 18.5 Å². The number of rotatable bonds is 31. The molecule has 0 aliphatic rings. The molecule has 1 unspecified atom stereocenters. The first-order valence-electron chi connectivity index (χ1n) is 17.8. The molecule has 0 saturated carbocycles. The number of unbranched alkanes of at least 4 members (excludes halogenated alkanes) is 12. The van der Waals surface area contributed by atoms with Crippen molar-refractivity contribution in [3.63, 3.8) is 0 Å². The van der Waals surface area contributed by atoms with Gasteiger partial charge in [-0.25, -0.2) is 0 Å². The first-order chi connectivity index (χ1) is 21.1. The molecule has 0 amide bonds. The van der Waals surface area contributed by atoms with E-state index in [0.29, 0.717) is 6.42 Å². The minimum absolute atomic E-state index is 0.0251. The monoisotopic (exact) mass is 598 g/mol. The van der Waals surface area contributed by atoms with Crippen molar-refractivity contribution in [3.8, 4) is 0 Å². The molecule has 0 rings (SSSR count). The third-order valence-electron chi connectivity index (χ3n) is 7.50. The second-order valence-electron chi connectivity index (χ2n) is 11.7. The Morgan fingerprint density at radius 1 is 0.535 bits per heavy atom. The van der Waals surface area contributed by atoms with Crippen LogP contribution >= 0.6 is 0 Å². The summed E-state index contributed by atoms with van der Waals surface area (Å²) in [5, 5.41) is 8.78. The van der Waals surface area contributed by atoms with Crippen molar-refractivity contribution in [2.75, 3.05) is 0 Å². The molecular weight excluding hydrogens is 532 g/mol. The van der Waals surface area contributed by atoms with Crippen LogP contribution < -0.4 is 0 Å². The van der Waals surface area contributed by atoms with Gasteiger partial charge in [-0.05, 0) is 83.5 Å². The average molecular weight is 599 g/mol. The molecule has 0 aromatic heterocycles. The number of allylic oxidation sites excluding steroid dienone is 10. The van der Waals surface area contributed by atoms with Gasteiger partial charge >= 0.3 is 11.9 Å². The summed E-state index contributed by atoms with van der Waals surface area (Å²) in [5.41, 5.74) is 0. The molecule has 0 fully saturated rings. The number of esters is 1. The Morgan fingerprint density at radius 3 is 1.51 bits per heavy atom. The Bertz CT molecular complexity index is 774. The molecule has 0 aliphatic carbocycles. The number of hydrogen-bond acceptors (Lipinski definition) is 3. The molecule has 0 aliphatic heterocycles. The Morgan fingerprint density at radius 2 is 0.977 bits per heavy atom. The summed E-state index contributed by atoms with van der Waals surface area (Å²) in [6.45, 7) is 4.38. The van der Waals surface area contributed by atoms with Crippen LogP contribution in [0.3, 0.4) is 0 Å². The van der Waals surface area contributed by atoms with Crippen LogP contribution in [0.1, 0.15) is 168 Å². The average Bonchev–Trinajstić information content (AvgIpc) is 2.99. The van der Waals surface area contributed by atoms with E-state index in [1.807, 2.05) is 0 Å². The zero-order chi connectivity index (χ0) is 31.5. The Kier molecular flexibility index (Phi) is 32.3. The van der Waals surface area contributed by atoms with E-state index in [9.17, 15) is 9.59 Å². The van der Waals surface area contributed by atoms with Crippen LogP contribution in [0.2, 0.25) is 0 Å². The lowest BCUT2D eigenvalue weighted by atomic mass is 10.0. The third kappa shape index (κ3) is 34.0. The highest BCUT2D eigenvalue weighted by Crippen LogP contribution is 2.18. The molecule has 0 bridgehead atoms. The lowest BCUT2D eigenvalue weighted by molar-refractivity contribution is -0.150. The van der Waals surface area contributed by atoms with Crippen LogP contribution in [0.25, 0.3) is 0 Å². The largest absolute Gasteiger partial charge is 0.481 e. The maximum atomic E-state index is 12.5. The molecule has 246 valence electrons. The van der Waals surface area contributed by atoms with Gasteiger partial charge in [-0.15, -0.1) is 0 Å². The van der Waals surface area contributed by atoms with Gasteiger partial charge in [0.1, 0.15) is 6.10 Å². The van der Waals surface area contributed by atoms with Gasteiger partial charge < -0.3 is 9.84 Å². The molecule has 0 spiro atoms. The summed E-state index contributed by atoms with van der Waals surface area (Å²) in [4.78, 5) is 23.2. The van der Waals surface area contributed by atoms with Gasteiger partial charge in [-0.1, -0.05) is 132 Å². The van der Waals surface area contributed by atoms with Gasteiger partial charge in [-0.2, -0.15) is 0 Å². The third-order valence-corrected chi connectivity index (χ3v) is 7.50. The number of aliphatic carboxylic acids is 1. The zero-order valence-corrected chi connectivity index (χ0v) is 28.0. The molecule has 1 N–H and O–H groups in total. The quantitative estimate of drug-likeness (QED) is 0.0490. The topological polar surface area (TPSA) is 63.6 Å². The van der Waals surface area contributed by atoms with E-state index in [1.165, 1.54) is 44.9 Å². The molecular formula is C39H66O4. The summed E-state index contributed by atoms with van der Waals surface area (Å²) in [6.07, 6.45) is 46.7. The van der Waals surface area contributed by atoms with E-state index in [1.54, 1.807) is 0 Å².